The van der Waals surface area contributed by atoms with E-state index in [9.17, 15) is 4.79 Å². The van der Waals surface area contributed by atoms with Crippen LogP contribution in [0, 0.1) is 6.92 Å². The smallest absolute Gasteiger partial charge is 0.277 e. The van der Waals surface area contributed by atoms with Crippen molar-refractivity contribution in [2.24, 2.45) is 5.10 Å². The molecule has 0 aliphatic rings. The van der Waals surface area contributed by atoms with Crippen molar-refractivity contribution in [3.8, 4) is 11.5 Å². The minimum absolute atomic E-state index is 0.0998. The molecule has 0 radical (unpaired) electrons. The molecule has 150 valence electrons. The van der Waals surface area contributed by atoms with E-state index in [1.54, 1.807) is 6.21 Å². The first-order valence-electron chi connectivity index (χ1n) is 9.38. The van der Waals surface area contributed by atoms with Gasteiger partial charge in [-0.05, 0) is 54.7 Å². The molecule has 0 saturated heterocycles. The Hall–Kier alpha value is -2.34. The lowest BCUT2D eigenvalue weighted by Crippen LogP contribution is -2.24. The minimum Gasteiger partial charge on any atom is -0.493 e. The lowest BCUT2D eigenvalue weighted by molar-refractivity contribution is -0.123. The summed E-state index contributed by atoms with van der Waals surface area (Å²) in [6, 6.07) is 11.7. The number of carbonyl (C=O) groups excluding carboxylic acids is 1. The average molecular weight is 447 g/mol. The monoisotopic (exact) mass is 446 g/mol. The molecule has 5 nitrogen and oxygen atoms in total. The van der Waals surface area contributed by atoms with Crippen molar-refractivity contribution in [3.05, 3.63) is 57.6 Å². The van der Waals surface area contributed by atoms with Gasteiger partial charge in [-0.25, -0.2) is 5.43 Å². The second kappa shape index (κ2) is 10.9. The van der Waals surface area contributed by atoms with Crippen LogP contribution >= 0.6 is 15.9 Å². The molecule has 0 spiro atoms. The Morgan fingerprint density at radius 1 is 1.18 bits per heavy atom. The van der Waals surface area contributed by atoms with Gasteiger partial charge in [0.1, 0.15) is 11.5 Å². The van der Waals surface area contributed by atoms with Gasteiger partial charge in [0.15, 0.2) is 6.61 Å². The maximum absolute atomic E-state index is 12.1. The first kappa shape index (κ1) is 22.0. The highest BCUT2D eigenvalue weighted by atomic mass is 79.9. The van der Waals surface area contributed by atoms with Crippen LogP contribution in [-0.4, -0.2) is 25.3 Å². The van der Waals surface area contributed by atoms with Gasteiger partial charge in [-0.15, -0.1) is 0 Å². The Kier molecular flexibility index (Phi) is 8.51. The summed E-state index contributed by atoms with van der Waals surface area (Å²) in [6.07, 6.45) is 2.48. The first-order valence-corrected chi connectivity index (χ1v) is 10.2. The molecule has 0 atom stereocenters. The van der Waals surface area contributed by atoms with Crippen molar-refractivity contribution in [3.63, 3.8) is 0 Å². The van der Waals surface area contributed by atoms with Gasteiger partial charge >= 0.3 is 0 Å². The van der Waals surface area contributed by atoms with Crippen LogP contribution in [0.5, 0.6) is 11.5 Å². The van der Waals surface area contributed by atoms with Crippen LogP contribution < -0.4 is 14.9 Å². The number of amides is 1. The molecule has 28 heavy (non-hydrogen) atoms. The number of hydrogen-bond donors (Lipinski definition) is 1. The molecule has 1 N–H and O–H groups in total. The normalized spacial score (nSPS) is 11.1. The number of aryl methyl sites for hydroxylation is 1. The Bertz CT molecular complexity index is 835. The van der Waals surface area contributed by atoms with E-state index in [-0.39, 0.29) is 12.5 Å². The summed E-state index contributed by atoms with van der Waals surface area (Å²) >= 11 is 3.43. The second-order valence-corrected chi connectivity index (χ2v) is 7.71. The van der Waals surface area contributed by atoms with E-state index in [0.717, 1.165) is 27.8 Å². The predicted molar refractivity (Wildman–Crippen MR) is 116 cm³/mol. The lowest BCUT2D eigenvalue weighted by Gasteiger charge is -2.12. The molecule has 2 aromatic carbocycles. The van der Waals surface area contributed by atoms with Gasteiger partial charge in [0, 0.05) is 10.0 Å². The van der Waals surface area contributed by atoms with E-state index in [2.05, 4.69) is 46.4 Å². The predicted octanol–water partition coefficient (Wildman–Crippen LogP) is 5.20. The molecule has 1 amide bonds. The van der Waals surface area contributed by atoms with Crippen molar-refractivity contribution in [1.82, 2.24) is 5.43 Å². The molecule has 2 rings (SSSR count). The molecule has 0 aliphatic heterocycles. The molecular formula is C22H27BrN2O3. The number of nitrogens with one attached hydrogen (secondary N) is 1. The summed E-state index contributed by atoms with van der Waals surface area (Å²) in [5, 5.41) is 4.03. The third-order valence-corrected chi connectivity index (χ3v) is 4.56. The van der Waals surface area contributed by atoms with E-state index >= 15 is 0 Å². The molecule has 0 bridgehead atoms. The summed E-state index contributed by atoms with van der Waals surface area (Å²) in [5.41, 5.74) is 5.45. The number of ether oxygens (including phenoxy) is 2. The summed E-state index contributed by atoms with van der Waals surface area (Å²) < 4.78 is 12.3. The largest absolute Gasteiger partial charge is 0.493 e. The van der Waals surface area contributed by atoms with Crippen molar-refractivity contribution in [1.29, 1.82) is 0 Å². The van der Waals surface area contributed by atoms with Gasteiger partial charge in [-0.3, -0.25) is 4.79 Å². The lowest BCUT2D eigenvalue weighted by atomic mass is 10.0. The second-order valence-electron chi connectivity index (χ2n) is 6.79. The molecule has 6 heteroatoms. The quantitative estimate of drug-likeness (QED) is 0.425. The Morgan fingerprint density at radius 2 is 1.96 bits per heavy atom. The van der Waals surface area contributed by atoms with Crippen LogP contribution in [0.3, 0.4) is 0 Å². The van der Waals surface area contributed by atoms with Gasteiger partial charge < -0.3 is 9.47 Å². The highest BCUT2D eigenvalue weighted by Crippen LogP contribution is 2.24. The SMILES string of the molecule is CCCOc1ccc(Br)cc1/C=N/NC(=O)COc1cc(C(C)C)ccc1C. The van der Waals surface area contributed by atoms with E-state index in [0.29, 0.717) is 18.3 Å². The van der Waals surface area contributed by atoms with Crippen LogP contribution in [0.15, 0.2) is 46.0 Å². The Balaban J connectivity index is 1.94. The van der Waals surface area contributed by atoms with Gasteiger partial charge in [-0.2, -0.15) is 5.10 Å². The highest BCUT2D eigenvalue weighted by molar-refractivity contribution is 9.10. The summed E-state index contributed by atoms with van der Waals surface area (Å²) in [5.74, 6) is 1.51. The van der Waals surface area contributed by atoms with Crippen molar-refractivity contribution in [2.45, 2.75) is 40.0 Å². The number of hydrazone groups is 1. The molecule has 0 saturated carbocycles. The summed E-state index contributed by atoms with van der Waals surface area (Å²) in [4.78, 5) is 12.1. The number of nitrogens with zero attached hydrogens (tertiary/aromatic N) is 1. The van der Waals surface area contributed by atoms with Crippen molar-refractivity contribution in [2.75, 3.05) is 13.2 Å². The van der Waals surface area contributed by atoms with Gasteiger partial charge in [0.05, 0.1) is 12.8 Å². The van der Waals surface area contributed by atoms with Crippen LogP contribution in [0.4, 0.5) is 0 Å². The molecule has 2 aromatic rings. The van der Waals surface area contributed by atoms with Gasteiger partial charge in [-0.1, -0.05) is 48.8 Å². The van der Waals surface area contributed by atoms with Gasteiger partial charge in [0.2, 0.25) is 0 Å². The standard InChI is InChI=1S/C22H27BrN2O3/c1-5-10-27-20-9-8-19(23)11-18(20)13-24-25-22(26)14-28-21-12-17(15(2)3)7-6-16(21)4/h6-9,11-13,15H,5,10,14H2,1-4H3,(H,25,26)/b24-13+. The van der Waals surface area contributed by atoms with Crippen LogP contribution in [0.1, 0.15) is 49.8 Å². The molecule has 0 heterocycles. The van der Waals surface area contributed by atoms with Crippen LogP contribution in [0.2, 0.25) is 0 Å². The molecule has 0 unspecified atom stereocenters. The molecule has 0 aliphatic carbocycles. The number of rotatable bonds is 9. The van der Waals surface area contributed by atoms with Crippen molar-refractivity contribution < 1.29 is 14.3 Å². The van der Waals surface area contributed by atoms with E-state index < -0.39 is 0 Å². The molecular weight excluding hydrogens is 420 g/mol. The van der Waals surface area contributed by atoms with E-state index in [4.69, 9.17) is 9.47 Å². The Morgan fingerprint density at radius 3 is 2.68 bits per heavy atom. The number of halogens is 1. The number of hydrogen-bond acceptors (Lipinski definition) is 4. The third-order valence-electron chi connectivity index (χ3n) is 4.06. The van der Waals surface area contributed by atoms with Crippen LogP contribution in [0.25, 0.3) is 0 Å². The summed E-state index contributed by atoms with van der Waals surface area (Å²) in [6.45, 7) is 8.77. The third kappa shape index (κ3) is 6.68. The minimum atomic E-state index is -0.323. The van der Waals surface area contributed by atoms with Crippen LogP contribution in [-0.2, 0) is 4.79 Å². The summed E-state index contributed by atoms with van der Waals surface area (Å²) in [7, 11) is 0. The zero-order valence-corrected chi connectivity index (χ0v) is 18.4. The fraction of sp³-hybridized carbons (Fsp3) is 0.364. The zero-order chi connectivity index (χ0) is 20.5. The maximum Gasteiger partial charge on any atom is 0.277 e. The Labute approximate surface area is 175 Å². The molecule has 0 fully saturated rings. The van der Waals surface area contributed by atoms with E-state index in [1.165, 1.54) is 5.56 Å². The number of benzene rings is 2. The number of carbonyl (C=O) groups is 1. The fourth-order valence-electron chi connectivity index (χ4n) is 2.44. The maximum atomic E-state index is 12.1. The zero-order valence-electron chi connectivity index (χ0n) is 16.8. The average Bonchev–Trinajstić information content (AvgIpc) is 2.66. The highest BCUT2D eigenvalue weighted by Gasteiger charge is 2.08. The topological polar surface area (TPSA) is 59.9 Å². The van der Waals surface area contributed by atoms with Crippen molar-refractivity contribution >= 4 is 28.1 Å². The van der Waals surface area contributed by atoms with E-state index in [1.807, 2.05) is 44.2 Å². The van der Waals surface area contributed by atoms with Gasteiger partial charge in [0.25, 0.3) is 5.91 Å². The fourth-order valence-corrected chi connectivity index (χ4v) is 2.82. The molecule has 0 aromatic heterocycles. The first-order chi connectivity index (χ1) is 13.4.